The molecule has 0 aromatic rings. The second-order valence-corrected chi connectivity index (χ2v) is 12.9. The highest BCUT2D eigenvalue weighted by molar-refractivity contribution is 8.00. The smallest absolute Gasteiger partial charge is 0.328 e. The van der Waals surface area contributed by atoms with E-state index >= 15 is 0 Å². The van der Waals surface area contributed by atoms with Crippen molar-refractivity contribution in [2.75, 3.05) is 12.3 Å². The summed E-state index contributed by atoms with van der Waals surface area (Å²) in [7, 11) is 0. The fraction of sp³-hybridized carbons (Fsp3) is 0.769. The maximum Gasteiger partial charge on any atom is 0.328 e. The largest absolute Gasteiger partial charge is 0.458 e. The monoisotopic (exact) mass is 567 g/mol. The van der Waals surface area contributed by atoms with Crippen LogP contribution in [0.2, 0.25) is 0 Å². The predicted molar refractivity (Wildman–Crippen MR) is 144 cm³/mol. The highest BCUT2D eigenvalue weighted by Crippen LogP contribution is 2.38. The minimum Gasteiger partial charge on any atom is -0.458 e. The number of rotatable bonds is 7. The maximum absolute atomic E-state index is 13.5. The van der Waals surface area contributed by atoms with E-state index in [4.69, 9.17) is 4.74 Å². The Labute approximate surface area is 233 Å². The lowest BCUT2D eigenvalue weighted by molar-refractivity contribution is -0.158. The molecule has 3 heterocycles. The average Bonchev–Trinajstić information content (AvgIpc) is 3.45. The molecule has 5 amide bonds. The summed E-state index contributed by atoms with van der Waals surface area (Å²) in [6.45, 7) is 11.6. The highest BCUT2D eigenvalue weighted by atomic mass is 32.2. The lowest BCUT2D eigenvalue weighted by Crippen LogP contribution is -2.58. The van der Waals surface area contributed by atoms with Gasteiger partial charge in [0.1, 0.15) is 35.8 Å². The number of esters is 1. The molecule has 0 aliphatic carbocycles. The molecule has 7 atom stereocenters. The molecule has 3 saturated heterocycles. The number of nitrogens with zero attached hydrogens (tertiary/aromatic N) is 2. The number of hydrogen-bond acceptors (Lipinski definition) is 8. The summed E-state index contributed by atoms with van der Waals surface area (Å²) in [5, 5.41) is 7.95. The molecule has 2 bridgehead atoms. The second kappa shape index (κ2) is 12.1. The average molecular weight is 568 g/mol. The molecule has 0 spiro atoms. The molecule has 39 heavy (non-hydrogen) atoms. The summed E-state index contributed by atoms with van der Waals surface area (Å²) in [5.41, 5.74) is -0.703. The van der Waals surface area contributed by atoms with Crippen molar-refractivity contribution in [3.8, 4) is 0 Å². The third kappa shape index (κ3) is 7.43. The van der Waals surface area contributed by atoms with Gasteiger partial charge in [-0.2, -0.15) is 11.8 Å². The van der Waals surface area contributed by atoms with Crippen LogP contribution in [0, 0.1) is 0 Å². The molecule has 3 aliphatic heterocycles. The lowest BCUT2D eigenvalue weighted by atomic mass is 10.1. The SMILES string of the molecule is CC(=O)N1C[C@@H]2C[C@H]1C(=O)N1[C@@H](CC[C@H]1C(=O)N[C@@H](C)C(=O)N[C@@H](C)C(=O)N[C@@H](C)C(=O)OC(C)(C)C)CS2. The van der Waals surface area contributed by atoms with E-state index in [2.05, 4.69) is 16.0 Å². The van der Waals surface area contributed by atoms with E-state index in [1.807, 2.05) is 0 Å². The second-order valence-electron chi connectivity index (χ2n) is 11.6. The Hall–Kier alpha value is -2.83. The van der Waals surface area contributed by atoms with Crippen LogP contribution in [0.15, 0.2) is 0 Å². The number of likely N-dealkylation sites (tertiary alicyclic amines) is 1. The van der Waals surface area contributed by atoms with E-state index in [0.717, 1.165) is 0 Å². The molecule has 3 aliphatic rings. The number of amides is 5. The van der Waals surface area contributed by atoms with Crippen LogP contribution in [0.3, 0.4) is 0 Å². The van der Waals surface area contributed by atoms with E-state index in [1.54, 1.807) is 42.3 Å². The minimum absolute atomic E-state index is 0.102. The quantitative estimate of drug-likeness (QED) is 0.362. The summed E-state index contributed by atoms with van der Waals surface area (Å²) in [5.74, 6) is -1.87. The number of hydrogen-bond donors (Lipinski definition) is 3. The molecule has 0 aromatic heterocycles. The third-order valence-corrected chi connectivity index (χ3v) is 8.55. The van der Waals surface area contributed by atoms with E-state index in [1.165, 1.54) is 27.7 Å². The summed E-state index contributed by atoms with van der Waals surface area (Å²) >= 11 is 1.74. The number of nitrogens with one attached hydrogen (secondary N) is 3. The zero-order valence-corrected chi connectivity index (χ0v) is 24.6. The molecule has 13 heteroatoms. The van der Waals surface area contributed by atoms with Gasteiger partial charge >= 0.3 is 5.97 Å². The van der Waals surface area contributed by atoms with E-state index in [0.29, 0.717) is 31.6 Å². The van der Waals surface area contributed by atoms with Crippen LogP contribution in [0.4, 0.5) is 0 Å². The molecular weight excluding hydrogens is 526 g/mol. The Morgan fingerprint density at radius 2 is 1.54 bits per heavy atom. The highest BCUT2D eigenvalue weighted by Gasteiger charge is 2.49. The summed E-state index contributed by atoms with van der Waals surface area (Å²) in [4.78, 5) is 79.5. The van der Waals surface area contributed by atoms with Crippen LogP contribution in [0.5, 0.6) is 0 Å². The van der Waals surface area contributed by atoms with Crippen molar-refractivity contribution in [1.29, 1.82) is 0 Å². The zero-order chi connectivity index (χ0) is 29.2. The van der Waals surface area contributed by atoms with Crippen LogP contribution in [-0.2, 0) is 33.5 Å². The number of carbonyl (C=O) groups is 6. The molecular formula is C26H41N5O7S. The first-order valence-corrected chi connectivity index (χ1v) is 14.5. The Bertz CT molecular complexity index is 1020. The van der Waals surface area contributed by atoms with Crippen LogP contribution < -0.4 is 16.0 Å². The molecule has 3 N–H and O–H groups in total. The number of carbonyl (C=O) groups excluding carboxylic acids is 6. The normalized spacial score (nSPS) is 26.9. The lowest BCUT2D eigenvalue weighted by Gasteiger charge is -2.35. The fourth-order valence-corrected chi connectivity index (χ4v) is 6.53. The van der Waals surface area contributed by atoms with Crippen molar-refractivity contribution in [3.05, 3.63) is 0 Å². The Morgan fingerprint density at radius 1 is 0.949 bits per heavy atom. The van der Waals surface area contributed by atoms with Crippen molar-refractivity contribution in [2.45, 2.75) is 115 Å². The van der Waals surface area contributed by atoms with Crippen LogP contribution >= 0.6 is 11.8 Å². The van der Waals surface area contributed by atoms with Crippen molar-refractivity contribution < 1.29 is 33.5 Å². The van der Waals surface area contributed by atoms with Crippen LogP contribution in [0.25, 0.3) is 0 Å². The van der Waals surface area contributed by atoms with Crippen molar-refractivity contribution in [3.63, 3.8) is 0 Å². The van der Waals surface area contributed by atoms with Gasteiger partial charge in [0.05, 0.1) is 0 Å². The fourth-order valence-electron chi connectivity index (χ4n) is 5.12. The first-order valence-electron chi connectivity index (χ1n) is 13.4. The summed E-state index contributed by atoms with van der Waals surface area (Å²) < 4.78 is 5.25. The minimum atomic E-state index is -0.974. The number of thioether (sulfide) groups is 1. The summed E-state index contributed by atoms with van der Waals surface area (Å²) in [6, 6.07) is -4.27. The van der Waals surface area contributed by atoms with Crippen molar-refractivity contribution >= 4 is 47.3 Å². The Morgan fingerprint density at radius 3 is 2.13 bits per heavy atom. The first kappa shape index (κ1) is 30.7. The number of ether oxygens (including phenoxy) is 1. The van der Waals surface area contributed by atoms with Gasteiger partial charge in [-0.05, 0) is 60.8 Å². The van der Waals surface area contributed by atoms with Crippen molar-refractivity contribution in [1.82, 2.24) is 25.8 Å². The third-order valence-electron chi connectivity index (χ3n) is 7.16. The topological polar surface area (TPSA) is 154 Å². The Balaban J connectivity index is 1.56. The van der Waals surface area contributed by atoms with Crippen molar-refractivity contribution in [2.24, 2.45) is 0 Å². The first-order chi connectivity index (χ1) is 18.1. The van der Waals surface area contributed by atoms with Gasteiger partial charge in [0.15, 0.2) is 0 Å². The number of fused-ring (bicyclic) bond motifs is 3. The van der Waals surface area contributed by atoms with E-state index < -0.39 is 59.5 Å². The van der Waals surface area contributed by atoms with Gasteiger partial charge in [0, 0.05) is 30.5 Å². The van der Waals surface area contributed by atoms with Gasteiger partial charge in [0.25, 0.3) is 0 Å². The van der Waals surface area contributed by atoms with E-state index in [-0.39, 0.29) is 23.1 Å². The van der Waals surface area contributed by atoms with Gasteiger partial charge in [0.2, 0.25) is 29.5 Å². The molecule has 218 valence electrons. The predicted octanol–water partition coefficient (Wildman–Crippen LogP) is -0.0620. The van der Waals surface area contributed by atoms with Gasteiger partial charge in [-0.15, -0.1) is 0 Å². The van der Waals surface area contributed by atoms with Gasteiger partial charge in [-0.1, -0.05) is 0 Å². The molecule has 3 fully saturated rings. The Kier molecular flexibility index (Phi) is 9.56. The van der Waals surface area contributed by atoms with Crippen LogP contribution in [-0.4, -0.2) is 105 Å². The molecule has 0 radical (unpaired) electrons. The zero-order valence-electron chi connectivity index (χ0n) is 23.7. The molecule has 0 aromatic carbocycles. The standard InChI is InChI=1S/C26H41N5O7S/c1-13(22(34)29-15(3)25(37)38-26(5,6)7)27-21(33)14(2)28-23(35)19-9-8-17-12-39-18-10-20(24(36)31(17)19)30(11-18)16(4)32/h13-15,17-20H,8-12H2,1-7H3,(H,27,33)(H,28,35)(H,29,34)/t13-,14-,15-,17-,18-,19-,20-/m0/s1. The molecule has 0 saturated carbocycles. The molecule has 12 nitrogen and oxygen atoms in total. The molecule has 3 rings (SSSR count). The van der Waals surface area contributed by atoms with Gasteiger partial charge < -0.3 is 30.5 Å². The maximum atomic E-state index is 13.5. The van der Waals surface area contributed by atoms with E-state index in [9.17, 15) is 28.8 Å². The van der Waals surface area contributed by atoms with Crippen LogP contribution in [0.1, 0.15) is 67.7 Å². The van der Waals surface area contributed by atoms with Gasteiger partial charge in [-0.3, -0.25) is 24.0 Å². The van der Waals surface area contributed by atoms with Gasteiger partial charge in [-0.25, -0.2) is 4.79 Å². The summed E-state index contributed by atoms with van der Waals surface area (Å²) in [6.07, 6.45) is 1.71. The molecule has 0 unspecified atom stereocenters.